The fourth-order valence-electron chi connectivity index (χ4n) is 3.23. The first-order valence-electron chi connectivity index (χ1n) is 8.43. The zero-order valence-corrected chi connectivity index (χ0v) is 13.5. The zero-order chi connectivity index (χ0) is 17.2. The number of nitrogens with one attached hydrogen (secondary N) is 2. The predicted octanol–water partition coefficient (Wildman–Crippen LogP) is 2.55. The van der Waals surface area contributed by atoms with Crippen molar-refractivity contribution in [1.82, 2.24) is 5.32 Å². The first-order valence-corrected chi connectivity index (χ1v) is 8.43. The highest BCUT2D eigenvalue weighted by atomic mass is 16.4. The molecule has 0 atom stereocenters. The highest BCUT2D eigenvalue weighted by Crippen LogP contribution is 2.41. The van der Waals surface area contributed by atoms with Crippen LogP contribution in [0.1, 0.15) is 55.3 Å². The molecule has 0 bridgehead atoms. The van der Waals surface area contributed by atoms with Crippen LogP contribution in [0.3, 0.4) is 0 Å². The molecule has 0 radical (unpaired) electrons. The van der Waals surface area contributed by atoms with E-state index in [1.807, 2.05) is 0 Å². The molecule has 2 aliphatic carbocycles. The summed E-state index contributed by atoms with van der Waals surface area (Å²) in [7, 11) is 0. The van der Waals surface area contributed by atoms with Gasteiger partial charge < -0.3 is 15.7 Å². The summed E-state index contributed by atoms with van der Waals surface area (Å²) in [5, 5.41) is 15.1. The SMILES string of the molecule is O=C(CC1(C(=O)O)CCCC1)Nc1ccc(C(=O)NC2CC2)cc1. The van der Waals surface area contributed by atoms with Gasteiger partial charge in [-0.2, -0.15) is 0 Å². The van der Waals surface area contributed by atoms with Crippen LogP contribution in [0, 0.1) is 5.41 Å². The van der Waals surface area contributed by atoms with Gasteiger partial charge in [0.25, 0.3) is 5.91 Å². The Bertz CT molecular complexity index is 643. The molecule has 128 valence electrons. The van der Waals surface area contributed by atoms with Crippen molar-refractivity contribution in [3.63, 3.8) is 0 Å². The zero-order valence-electron chi connectivity index (χ0n) is 13.5. The van der Waals surface area contributed by atoms with Gasteiger partial charge in [0.05, 0.1) is 5.41 Å². The minimum absolute atomic E-state index is 0.00769. The van der Waals surface area contributed by atoms with Crippen molar-refractivity contribution >= 4 is 23.5 Å². The third kappa shape index (κ3) is 3.75. The number of anilines is 1. The van der Waals surface area contributed by atoms with Crippen molar-refractivity contribution in [2.45, 2.75) is 51.0 Å². The number of amides is 2. The molecule has 0 saturated heterocycles. The molecule has 3 N–H and O–H groups in total. The Morgan fingerprint density at radius 1 is 1.08 bits per heavy atom. The molecule has 6 heteroatoms. The highest BCUT2D eigenvalue weighted by molar-refractivity contribution is 5.97. The topological polar surface area (TPSA) is 95.5 Å². The lowest BCUT2D eigenvalue weighted by Crippen LogP contribution is -2.32. The number of carboxylic acid groups (broad SMARTS) is 1. The minimum Gasteiger partial charge on any atom is -0.481 e. The van der Waals surface area contributed by atoms with Gasteiger partial charge in [-0.25, -0.2) is 0 Å². The lowest BCUT2D eigenvalue weighted by atomic mass is 9.82. The van der Waals surface area contributed by atoms with Gasteiger partial charge in [0.2, 0.25) is 5.91 Å². The van der Waals surface area contributed by atoms with Crippen LogP contribution in [0.5, 0.6) is 0 Å². The van der Waals surface area contributed by atoms with Gasteiger partial charge in [-0.05, 0) is 49.9 Å². The Morgan fingerprint density at radius 2 is 1.71 bits per heavy atom. The first kappa shape index (κ1) is 16.5. The van der Waals surface area contributed by atoms with Crippen LogP contribution in [-0.4, -0.2) is 28.9 Å². The van der Waals surface area contributed by atoms with E-state index < -0.39 is 11.4 Å². The molecule has 0 aliphatic heterocycles. The minimum atomic E-state index is -0.922. The molecular formula is C18H22N2O4. The van der Waals surface area contributed by atoms with Crippen LogP contribution in [0.4, 0.5) is 5.69 Å². The Balaban J connectivity index is 1.57. The van der Waals surface area contributed by atoms with Crippen molar-refractivity contribution in [2.24, 2.45) is 5.41 Å². The number of carbonyl (C=O) groups is 3. The van der Waals surface area contributed by atoms with Gasteiger partial charge in [-0.1, -0.05) is 12.8 Å². The molecule has 24 heavy (non-hydrogen) atoms. The summed E-state index contributed by atoms with van der Waals surface area (Å²) in [6, 6.07) is 6.96. The number of carbonyl (C=O) groups excluding carboxylic acids is 2. The van der Waals surface area contributed by atoms with Crippen molar-refractivity contribution < 1.29 is 19.5 Å². The van der Waals surface area contributed by atoms with E-state index in [0.717, 1.165) is 25.7 Å². The number of hydrogen-bond donors (Lipinski definition) is 3. The van der Waals surface area contributed by atoms with Crippen LogP contribution in [0.15, 0.2) is 24.3 Å². The maximum atomic E-state index is 12.2. The molecule has 0 unspecified atom stereocenters. The normalized spacial score (nSPS) is 18.8. The summed E-state index contributed by atoms with van der Waals surface area (Å²) >= 11 is 0. The van der Waals surface area contributed by atoms with E-state index in [9.17, 15) is 19.5 Å². The molecule has 0 aromatic heterocycles. The average Bonchev–Trinajstić information content (AvgIpc) is 3.23. The van der Waals surface area contributed by atoms with Crippen molar-refractivity contribution in [3.05, 3.63) is 29.8 Å². The van der Waals surface area contributed by atoms with E-state index >= 15 is 0 Å². The van der Waals surface area contributed by atoms with E-state index in [4.69, 9.17) is 0 Å². The lowest BCUT2D eigenvalue weighted by Gasteiger charge is -2.22. The number of benzene rings is 1. The van der Waals surface area contributed by atoms with Gasteiger partial charge in [-0.3, -0.25) is 14.4 Å². The standard InChI is InChI=1S/C18H22N2O4/c21-15(11-18(17(23)24)9-1-2-10-18)19-13-5-3-12(4-6-13)16(22)20-14-7-8-14/h3-6,14H,1-2,7-11H2,(H,19,21)(H,20,22)(H,23,24). The van der Waals surface area contributed by atoms with E-state index in [0.29, 0.717) is 30.1 Å². The van der Waals surface area contributed by atoms with Crippen LogP contribution < -0.4 is 10.6 Å². The third-order valence-electron chi connectivity index (χ3n) is 4.86. The van der Waals surface area contributed by atoms with Gasteiger partial charge >= 0.3 is 5.97 Å². The fourth-order valence-corrected chi connectivity index (χ4v) is 3.23. The van der Waals surface area contributed by atoms with E-state index in [-0.39, 0.29) is 18.2 Å². The summed E-state index contributed by atoms with van der Waals surface area (Å²) < 4.78 is 0. The van der Waals surface area contributed by atoms with Gasteiger partial charge in [0.15, 0.2) is 0 Å². The Hall–Kier alpha value is -2.37. The average molecular weight is 330 g/mol. The summed E-state index contributed by atoms with van der Waals surface area (Å²) in [6.45, 7) is 0. The number of carboxylic acids is 1. The summed E-state index contributed by atoms with van der Waals surface area (Å²) in [5.74, 6) is -1.29. The van der Waals surface area contributed by atoms with E-state index in [1.54, 1.807) is 24.3 Å². The van der Waals surface area contributed by atoms with Crippen molar-refractivity contribution in [2.75, 3.05) is 5.32 Å². The van der Waals surface area contributed by atoms with Gasteiger partial charge in [0, 0.05) is 23.7 Å². The predicted molar refractivity (Wildman–Crippen MR) is 88.7 cm³/mol. The summed E-state index contributed by atoms with van der Waals surface area (Å²) in [6.07, 6.45) is 4.86. The molecule has 0 spiro atoms. The van der Waals surface area contributed by atoms with Crippen molar-refractivity contribution in [3.8, 4) is 0 Å². The largest absolute Gasteiger partial charge is 0.481 e. The summed E-state index contributed by atoms with van der Waals surface area (Å²) in [4.78, 5) is 35.6. The molecule has 0 heterocycles. The quantitative estimate of drug-likeness (QED) is 0.747. The van der Waals surface area contributed by atoms with Crippen LogP contribution >= 0.6 is 0 Å². The second kappa shape index (κ2) is 6.63. The smallest absolute Gasteiger partial charge is 0.310 e. The molecule has 3 rings (SSSR count). The number of rotatable bonds is 6. The van der Waals surface area contributed by atoms with Gasteiger partial charge in [0.1, 0.15) is 0 Å². The highest BCUT2D eigenvalue weighted by Gasteiger charge is 2.42. The second-order valence-electron chi connectivity index (χ2n) is 6.84. The second-order valence-corrected chi connectivity index (χ2v) is 6.84. The molecule has 2 amide bonds. The maximum absolute atomic E-state index is 12.2. The molecule has 1 aromatic rings. The summed E-state index contributed by atoms with van der Waals surface area (Å²) in [5.41, 5.74) is 0.202. The molecular weight excluding hydrogens is 308 g/mol. The maximum Gasteiger partial charge on any atom is 0.310 e. The molecule has 2 fully saturated rings. The van der Waals surface area contributed by atoms with E-state index in [2.05, 4.69) is 10.6 Å². The monoisotopic (exact) mass is 330 g/mol. The molecule has 1 aromatic carbocycles. The molecule has 6 nitrogen and oxygen atoms in total. The van der Waals surface area contributed by atoms with Crippen molar-refractivity contribution in [1.29, 1.82) is 0 Å². The third-order valence-corrected chi connectivity index (χ3v) is 4.86. The fraction of sp³-hybridized carbons (Fsp3) is 0.500. The van der Waals surface area contributed by atoms with Gasteiger partial charge in [-0.15, -0.1) is 0 Å². The Labute approximate surface area is 140 Å². The van der Waals surface area contributed by atoms with Crippen LogP contribution in [-0.2, 0) is 9.59 Å². The van der Waals surface area contributed by atoms with Crippen LogP contribution in [0.25, 0.3) is 0 Å². The van der Waals surface area contributed by atoms with E-state index in [1.165, 1.54) is 0 Å². The number of hydrogen-bond acceptors (Lipinski definition) is 3. The number of aliphatic carboxylic acids is 1. The van der Waals surface area contributed by atoms with Crippen LogP contribution in [0.2, 0.25) is 0 Å². The Morgan fingerprint density at radius 3 is 2.25 bits per heavy atom. The molecule has 2 saturated carbocycles. The lowest BCUT2D eigenvalue weighted by molar-refractivity contribution is -0.150. The Kier molecular flexibility index (Phi) is 4.55. The first-order chi connectivity index (χ1) is 11.5. The molecule has 2 aliphatic rings.